The SMILES string of the molecule is Fc1ccc(CNc2cc3ccccc3s2)cc1C(F)(F)F.O=S(=O)(N(Cc1ccc(F)c(C(F)(F)F)c1)c1cc2ccccc2s1)C(F)(F)F. The molecule has 0 aliphatic carbocycles. The number of rotatable bonds is 7. The highest BCUT2D eigenvalue weighted by Crippen LogP contribution is 2.40. The van der Waals surface area contributed by atoms with Crippen molar-refractivity contribution in [1.82, 2.24) is 0 Å². The standard InChI is InChI=1S/C17H10F7NO2S2.C16H11F4NS/c18-13-6-5-10(7-12(13)16(19,20)21)9-25(29(26,27)17(22,23)24)15-8-11-3-1-2-4-14(11)28-15;17-13-6-5-10(7-12(13)16(18,19)20)9-21-15-8-11-3-1-2-4-14(11)22-15/h1-8H,9H2;1-8,21H,9H2. The van der Waals surface area contributed by atoms with Gasteiger partial charge in [0.25, 0.3) is 0 Å². The average molecular weight is 783 g/mol. The van der Waals surface area contributed by atoms with E-state index in [1.165, 1.54) is 23.5 Å². The van der Waals surface area contributed by atoms with Crippen molar-refractivity contribution in [3.8, 4) is 0 Å². The molecule has 0 aliphatic rings. The lowest BCUT2D eigenvalue weighted by Gasteiger charge is -2.24. The Kier molecular flexibility index (Phi) is 10.6. The number of benzene rings is 4. The third-order valence-electron chi connectivity index (χ3n) is 7.13. The number of thiophene rings is 2. The van der Waals surface area contributed by atoms with Crippen LogP contribution < -0.4 is 9.62 Å². The number of nitrogens with one attached hydrogen (secondary N) is 1. The van der Waals surface area contributed by atoms with Crippen LogP contribution in [0.25, 0.3) is 20.2 Å². The maximum absolute atomic E-state index is 13.5. The van der Waals surface area contributed by atoms with Gasteiger partial charge < -0.3 is 5.32 Å². The van der Waals surface area contributed by atoms with Crippen LogP contribution in [0.2, 0.25) is 0 Å². The molecule has 0 saturated heterocycles. The number of halogens is 11. The van der Waals surface area contributed by atoms with Crippen molar-refractivity contribution in [2.75, 3.05) is 9.62 Å². The lowest BCUT2D eigenvalue weighted by atomic mass is 10.1. The number of nitrogens with zero attached hydrogens (tertiary/aromatic N) is 1. The Morgan fingerprint density at radius 2 is 1.10 bits per heavy atom. The number of hydrogen-bond acceptors (Lipinski definition) is 5. The first-order valence-electron chi connectivity index (χ1n) is 14.3. The molecular weight excluding hydrogens is 762 g/mol. The molecule has 0 radical (unpaired) electrons. The third-order valence-corrected chi connectivity index (χ3v) is 11.0. The van der Waals surface area contributed by atoms with Crippen molar-refractivity contribution in [1.29, 1.82) is 0 Å². The van der Waals surface area contributed by atoms with E-state index in [-0.39, 0.29) is 15.9 Å². The molecule has 51 heavy (non-hydrogen) atoms. The molecule has 0 unspecified atom stereocenters. The van der Waals surface area contributed by atoms with Crippen LogP contribution in [0.3, 0.4) is 0 Å². The van der Waals surface area contributed by atoms with E-state index >= 15 is 0 Å². The van der Waals surface area contributed by atoms with E-state index in [0.717, 1.165) is 44.6 Å². The minimum Gasteiger partial charge on any atom is -0.373 e. The normalized spacial score (nSPS) is 12.5. The molecule has 4 aromatic carbocycles. The second-order valence-electron chi connectivity index (χ2n) is 10.7. The maximum Gasteiger partial charge on any atom is 0.516 e. The molecule has 0 amide bonds. The zero-order chi connectivity index (χ0) is 37.4. The van der Waals surface area contributed by atoms with Gasteiger partial charge in [-0.05, 0) is 70.4 Å². The van der Waals surface area contributed by atoms with Crippen LogP contribution in [0.15, 0.2) is 97.1 Å². The Labute approximate surface area is 290 Å². The molecule has 0 aliphatic heterocycles. The summed E-state index contributed by atoms with van der Waals surface area (Å²) in [5.74, 6) is -2.87. The summed E-state index contributed by atoms with van der Waals surface area (Å²) in [6.45, 7) is -0.853. The molecule has 4 nitrogen and oxygen atoms in total. The van der Waals surface area contributed by atoms with Crippen LogP contribution in [0.4, 0.5) is 58.3 Å². The fraction of sp³-hybridized carbons (Fsp3) is 0.152. The van der Waals surface area contributed by atoms with Crippen LogP contribution in [-0.4, -0.2) is 13.9 Å². The summed E-state index contributed by atoms with van der Waals surface area (Å²) in [6.07, 6.45) is -9.77. The van der Waals surface area contributed by atoms with Crippen LogP contribution in [-0.2, 0) is 35.5 Å². The summed E-state index contributed by atoms with van der Waals surface area (Å²) in [5, 5.41) is 5.14. The van der Waals surface area contributed by atoms with Gasteiger partial charge in [0.05, 0.1) is 22.7 Å². The number of sulfonamides is 1. The summed E-state index contributed by atoms with van der Waals surface area (Å²) in [4.78, 5) is 0. The zero-order valence-electron chi connectivity index (χ0n) is 25.3. The minimum atomic E-state index is -5.93. The lowest BCUT2D eigenvalue weighted by Crippen LogP contribution is -2.40. The summed E-state index contributed by atoms with van der Waals surface area (Å²) in [5.41, 5.74) is -8.69. The highest BCUT2D eigenvalue weighted by atomic mass is 32.2. The summed E-state index contributed by atoms with van der Waals surface area (Å²) in [7, 11) is -5.93. The second-order valence-corrected chi connectivity index (χ2v) is 14.7. The zero-order valence-corrected chi connectivity index (χ0v) is 27.7. The molecule has 0 saturated carbocycles. The summed E-state index contributed by atoms with van der Waals surface area (Å²) < 4.78 is 169. The topological polar surface area (TPSA) is 49.4 Å². The van der Waals surface area contributed by atoms with Crippen molar-refractivity contribution >= 4 is 62.9 Å². The largest absolute Gasteiger partial charge is 0.516 e. The fourth-order valence-electron chi connectivity index (χ4n) is 4.71. The van der Waals surface area contributed by atoms with E-state index < -0.39 is 62.8 Å². The smallest absolute Gasteiger partial charge is 0.373 e. The molecule has 0 fully saturated rings. The molecule has 0 atom stereocenters. The quantitative estimate of drug-likeness (QED) is 0.164. The number of fused-ring (bicyclic) bond motifs is 2. The first-order chi connectivity index (χ1) is 23.7. The van der Waals surface area contributed by atoms with Crippen molar-refractivity contribution in [3.63, 3.8) is 0 Å². The van der Waals surface area contributed by atoms with E-state index in [1.807, 2.05) is 30.3 Å². The summed E-state index contributed by atoms with van der Waals surface area (Å²) >= 11 is 2.25. The van der Waals surface area contributed by atoms with Gasteiger partial charge in [0.2, 0.25) is 0 Å². The Morgan fingerprint density at radius 3 is 1.61 bits per heavy atom. The van der Waals surface area contributed by atoms with Gasteiger partial charge in [0, 0.05) is 15.9 Å². The molecule has 6 aromatic rings. The van der Waals surface area contributed by atoms with Crippen molar-refractivity contribution in [2.24, 2.45) is 0 Å². The van der Waals surface area contributed by atoms with Crippen LogP contribution in [0.1, 0.15) is 22.3 Å². The van der Waals surface area contributed by atoms with E-state index in [0.29, 0.717) is 27.8 Å². The first kappa shape index (κ1) is 37.8. The molecule has 18 heteroatoms. The maximum atomic E-state index is 13.5. The summed E-state index contributed by atoms with van der Waals surface area (Å²) in [6, 6.07) is 21.8. The molecule has 1 N–H and O–H groups in total. The molecule has 270 valence electrons. The van der Waals surface area contributed by atoms with E-state index in [4.69, 9.17) is 0 Å². The molecule has 6 rings (SSSR count). The Hall–Kier alpha value is -4.42. The second kappa shape index (κ2) is 14.3. The predicted octanol–water partition coefficient (Wildman–Crippen LogP) is 11.6. The molecule has 2 aromatic heterocycles. The van der Waals surface area contributed by atoms with Crippen LogP contribution >= 0.6 is 22.7 Å². The van der Waals surface area contributed by atoms with Gasteiger partial charge in [-0.25, -0.2) is 13.1 Å². The molecule has 0 bridgehead atoms. The van der Waals surface area contributed by atoms with Crippen molar-refractivity contribution < 1.29 is 56.7 Å². The Bertz CT molecular complexity index is 2210. The van der Waals surface area contributed by atoms with Gasteiger partial charge in [0.15, 0.2) is 0 Å². The Morgan fingerprint density at radius 1 is 0.608 bits per heavy atom. The number of alkyl halides is 9. The average Bonchev–Trinajstić information content (AvgIpc) is 3.66. The van der Waals surface area contributed by atoms with Crippen LogP contribution in [0, 0.1) is 11.6 Å². The first-order valence-corrected chi connectivity index (χ1v) is 17.3. The van der Waals surface area contributed by atoms with Gasteiger partial charge in [-0.1, -0.05) is 48.5 Å². The predicted molar refractivity (Wildman–Crippen MR) is 175 cm³/mol. The van der Waals surface area contributed by atoms with Crippen LogP contribution in [0.5, 0.6) is 0 Å². The molecule has 0 spiro atoms. The van der Waals surface area contributed by atoms with Gasteiger partial charge >= 0.3 is 27.9 Å². The van der Waals surface area contributed by atoms with E-state index in [1.54, 1.807) is 24.3 Å². The lowest BCUT2D eigenvalue weighted by molar-refractivity contribution is -0.140. The van der Waals surface area contributed by atoms with E-state index in [9.17, 15) is 56.7 Å². The Balaban J connectivity index is 0.000000205. The minimum absolute atomic E-state index is 0.0228. The highest BCUT2D eigenvalue weighted by Gasteiger charge is 2.51. The fourth-order valence-corrected chi connectivity index (χ4v) is 7.90. The monoisotopic (exact) mass is 782 g/mol. The van der Waals surface area contributed by atoms with Gasteiger partial charge in [0.1, 0.15) is 16.6 Å². The van der Waals surface area contributed by atoms with Gasteiger partial charge in [-0.2, -0.15) is 47.9 Å². The van der Waals surface area contributed by atoms with Crippen molar-refractivity contribution in [2.45, 2.75) is 31.0 Å². The van der Waals surface area contributed by atoms with E-state index in [2.05, 4.69) is 5.32 Å². The number of hydrogen-bond donors (Lipinski definition) is 1. The number of anilines is 2. The third kappa shape index (κ3) is 8.73. The highest BCUT2D eigenvalue weighted by molar-refractivity contribution is 7.93. The van der Waals surface area contributed by atoms with Crippen molar-refractivity contribution in [3.05, 3.63) is 131 Å². The molecule has 2 heterocycles. The van der Waals surface area contributed by atoms with Gasteiger partial charge in [-0.3, -0.25) is 0 Å². The molecular formula is C33H21F11N2O2S3. The van der Waals surface area contributed by atoms with Gasteiger partial charge in [-0.15, -0.1) is 22.7 Å².